The molecule has 1 atom stereocenters. The Morgan fingerprint density at radius 1 is 1.30 bits per heavy atom. The normalized spacial score (nSPS) is 11.7. The third kappa shape index (κ3) is 7.86. The molecule has 0 saturated heterocycles. The molecule has 0 aliphatic carbocycles. The summed E-state index contributed by atoms with van der Waals surface area (Å²) < 4.78 is 13.6. The molecule has 0 aliphatic rings. The molecule has 1 rings (SSSR count). The zero-order chi connectivity index (χ0) is 16.0. The second-order valence-electron chi connectivity index (χ2n) is 6.36. The minimum atomic E-state index is -0.526. The molecule has 0 spiro atoms. The topological polar surface area (TPSA) is 58.4 Å². The van der Waals surface area contributed by atoms with Crippen molar-refractivity contribution in [3.8, 4) is 0 Å². The van der Waals surface area contributed by atoms with Gasteiger partial charge in [-0.25, -0.2) is 4.39 Å². The summed E-state index contributed by atoms with van der Waals surface area (Å²) in [5.41, 5.74) is 6.18. The van der Waals surface area contributed by atoms with Crippen LogP contribution in [-0.2, 0) is 4.79 Å². The van der Waals surface area contributed by atoms with Crippen LogP contribution in [0.4, 0.5) is 10.1 Å². The fourth-order valence-corrected chi connectivity index (χ4v) is 1.91. The number of anilines is 1. The van der Waals surface area contributed by atoms with Gasteiger partial charge < -0.3 is 16.0 Å². The lowest BCUT2D eigenvalue weighted by molar-refractivity contribution is -0.124. The molecule has 0 bridgehead atoms. The maximum absolute atomic E-state index is 13.6. The highest BCUT2D eigenvalue weighted by Crippen LogP contribution is 2.18. The molecule has 3 N–H and O–H groups in total. The van der Waals surface area contributed by atoms with E-state index in [4.69, 9.17) is 5.73 Å². The van der Waals surface area contributed by atoms with Crippen LogP contribution in [-0.4, -0.2) is 32.1 Å². The Balaban J connectivity index is 0. The van der Waals surface area contributed by atoms with Crippen LogP contribution in [0.25, 0.3) is 0 Å². The summed E-state index contributed by atoms with van der Waals surface area (Å²) in [4.78, 5) is 13.7. The minimum absolute atomic E-state index is 0. The molecule has 0 fully saturated rings. The highest BCUT2D eigenvalue weighted by atomic mass is 35.5. The summed E-state index contributed by atoms with van der Waals surface area (Å²) in [6, 6.07) is 6.13. The number of benzene rings is 1. The van der Waals surface area contributed by atoms with E-state index in [9.17, 15) is 9.18 Å². The Bertz CT molecular complexity index is 481. The summed E-state index contributed by atoms with van der Waals surface area (Å²) >= 11 is 0. The van der Waals surface area contributed by atoms with Gasteiger partial charge in [0.2, 0.25) is 5.91 Å². The number of nitrogens with one attached hydrogen (secondary N) is 1. The van der Waals surface area contributed by atoms with Crippen molar-refractivity contribution in [1.82, 2.24) is 5.32 Å². The first-order chi connectivity index (χ1) is 9.73. The van der Waals surface area contributed by atoms with Crippen LogP contribution in [0.15, 0.2) is 24.3 Å². The second kappa shape index (κ2) is 10.7. The quantitative estimate of drug-likeness (QED) is 0.759. The van der Waals surface area contributed by atoms with Crippen molar-refractivity contribution in [3.63, 3.8) is 0 Å². The SMILES string of the molecule is CN(CCCNC(=O)[C@@H](N)C(C)(C)C)c1ccccc1F.Cl.Cl. The largest absolute Gasteiger partial charge is 0.372 e. The number of amides is 1. The Morgan fingerprint density at radius 3 is 2.39 bits per heavy atom. The lowest BCUT2D eigenvalue weighted by Gasteiger charge is -2.26. The Labute approximate surface area is 150 Å². The number of rotatable bonds is 6. The van der Waals surface area contributed by atoms with E-state index < -0.39 is 6.04 Å². The van der Waals surface area contributed by atoms with Gasteiger partial charge in [0.15, 0.2) is 0 Å². The maximum Gasteiger partial charge on any atom is 0.237 e. The smallest absolute Gasteiger partial charge is 0.237 e. The molecule has 1 amide bonds. The monoisotopic (exact) mass is 367 g/mol. The fourth-order valence-electron chi connectivity index (χ4n) is 1.91. The van der Waals surface area contributed by atoms with Crippen molar-refractivity contribution < 1.29 is 9.18 Å². The van der Waals surface area contributed by atoms with Gasteiger partial charge in [-0.15, -0.1) is 24.8 Å². The fraction of sp³-hybridized carbons (Fsp3) is 0.562. The molecule has 134 valence electrons. The molecule has 0 aliphatic heterocycles. The van der Waals surface area contributed by atoms with Gasteiger partial charge >= 0.3 is 0 Å². The van der Waals surface area contributed by atoms with Crippen LogP contribution >= 0.6 is 24.8 Å². The van der Waals surface area contributed by atoms with Crippen LogP contribution in [0.3, 0.4) is 0 Å². The number of carbonyl (C=O) groups is 1. The van der Waals surface area contributed by atoms with Gasteiger partial charge in [-0.05, 0) is 24.0 Å². The van der Waals surface area contributed by atoms with Crippen molar-refractivity contribution in [2.45, 2.75) is 33.2 Å². The predicted octanol–water partition coefficient (Wildman–Crippen LogP) is 2.99. The van der Waals surface area contributed by atoms with E-state index >= 15 is 0 Å². The Hall–Kier alpha value is -1.04. The molecule has 0 aromatic heterocycles. The summed E-state index contributed by atoms with van der Waals surface area (Å²) in [5, 5.41) is 2.83. The summed E-state index contributed by atoms with van der Waals surface area (Å²) in [7, 11) is 1.83. The second-order valence-corrected chi connectivity index (χ2v) is 6.36. The lowest BCUT2D eigenvalue weighted by Crippen LogP contribution is -2.49. The van der Waals surface area contributed by atoms with Gasteiger partial charge in [-0.2, -0.15) is 0 Å². The first-order valence-electron chi connectivity index (χ1n) is 7.22. The number of carbonyl (C=O) groups excluding carboxylic acids is 1. The molecule has 0 saturated carbocycles. The third-order valence-corrected chi connectivity index (χ3v) is 3.45. The Kier molecular flexibility index (Phi) is 11.2. The van der Waals surface area contributed by atoms with E-state index in [-0.39, 0.29) is 42.0 Å². The number of para-hydroxylation sites is 1. The molecule has 23 heavy (non-hydrogen) atoms. The number of halogens is 3. The van der Waals surface area contributed by atoms with Crippen LogP contribution in [0.2, 0.25) is 0 Å². The number of nitrogens with zero attached hydrogens (tertiary/aromatic N) is 1. The van der Waals surface area contributed by atoms with Gasteiger partial charge in [0.1, 0.15) is 5.82 Å². The maximum atomic E-state index is 13.6. The van der Waals surface area contributed by atoms with Crippen LogP contribution in [0.5, 0.6) is 0 Å². The van der Waals surface area contributed by atoms with Crippen molar-refractivity contribution >= 4 is 36.4 Å². The van der Waals surface area contributed by atoms with Gasteiger partial charge in [0, 0.05) is 20.1 Å². The van der Waals surface area contributed by atoms with Gasteiger partial charge in [0.05, 0.1) is 11.7 Å². The first-order valence-corrected chi connectivity index (χ1v) is 7.22. The molecular formula is C16H28Cl2FN3O. The van der Waals surface area contributed by atoms with E-state index in [1.165, 1.54) is 6.07 Å². The van der Waals surface area contributed by atoms with Crippen LogP contribution in [0, 0.1) is 11.2 Å². The molecular weight excluding hydrogens is 340 g/mol. The van der Waals surface area contributed by atoms with E-state index in [2.05, 4.69) is 5.32 Å². The summed E-state index contributed by atoms with van der Waals surface area (Å²) in [5.74, 6) is -0.380. The standard InChI is InChI=1S/C16H26FN3O.2ClH/c1-16(2,3)14(18)15(21)19-10-7-11-20(4)13-9-6-5-8-12(13)17;;/h5-6,8-9,14H,7,10-11,18H2,1-4H3,(H,19,21);2*1H/t14-;;/m1../s1. The Morgan fingerprint density at radius 2 is 1.87 bits per heavy atom. The van der Waals surface area contributed by atoms with E-state index in [1.54, 1.807) is 18.2 Å². The highest BCUT2D eigenvalue weighted by Gasteiger charge is 2.26. The average Bonchev–Trinajstić information content (AvgIpc) is 2.41. The first kappa shape index (κ1) is 24.2. The minimum Gasteiger partial charge on any atom is -0.372 e. The molecule has 7 heteroatoms. The van der Waals surface area contributed by atoms with Gasteiger partial charge in [-0.3, -0.25) is 4.79 Å². The number of nitrogens with two attached hydrogens (primary N) is 1. The predicted molar refractivity (Wildman–Crippen MR) is 99.2 cm³/mol. The molecule has 4 nitrogen and oxygen atoms in total. The zero-order valence-electron chi connectivity index (χ0n) is 14.1. The molecule has 0 unspecified atom stereocenters. The number of hydrogen-bond acceptors (Lipinski definition) is 3. The summed E-state index contributed by atoms with van der Waals surface area (Å²) in [6.45, 7) is 6.99. The van der Waals surface area contributed by atoms with E-state index in [0.717, 1.165) is 6.42 Å². The van der Waals surface area contributed by atoms with Gasteiger partial charge in [0.25, 0.3) is 0 Å². The third-order valence-electron chi connectivity index (χ3n) is 3.45. The number of hydrogen-bond donors (Lipinski definition) is 2. The highest BCUT2D eigenvalue weighted by molar-refractivity contribution is 5.85. The van der Waals surface area contributed by atoms with Crippen LogP contribution in [0.1, 0.15) is 27.2 Å². The van der Waals surface area contributed by atoms with Crippen molar-refractivity contribution in [1.29, 1.82) is 0 Å². The van der Waals surface area contributed by atoms with Gasteiger partial charge in [-0.1, -0.05) is 32.9 Å². The molecule has 1 aromatic carbocycles. The van der Waals surface area contributed by atoms with Crippen molar-refractivity contribution in [3.05, 3.63) is 30.1 Å². The van der Waals surface area contributed by atoms with Crippen molar-refractivity contribution in [2.75, 3.05) is 25.0 Å². The molecule has 0 heterocycles. The van der Waals surface area contributed by atoms with Crippen LogP contribution < -0.4 is 16.0 Å². The summed E-state index contributed by atoms with van der Waals surface area (Å²) in [6.07, 6.45) is 0.730. The van der Waals surface area contributed by atoms with E-state index in [1.807, 2.05) is 32.7 Å². The lowest BCUT2D eigenvalue weighted by atomic mass is 9.87. The molecule has 0 radical (unpaired) electrons. The molecule has 1 aromatic rings. The van der Waals surface area contributed by atoms with Crippen molar-refractivity contribution in [2.24, 2.45) is 11.1 Å². The average molecular weight is 368 g/mol. The van der Waals surface area contributed by atoms with E-state index in [0.29, 0.717) is 18.8 Å². The zero-order valence-corrected chi connectivity index (χ0v) is 15.8.